The Kier molecular flexibility index (Phi) is 5.16. The highest BCUT2D eigenvalue weighted by Gasteiger charge is 2.12. The van der Waals surface area contributed by atoms with E-state index < -0.39 is 0 Å². The molecule has 0 aliphatic heterocycles. The van der Waals surface area contributed by atoms with Crippen molar-refractivity contribution in [3.8, 4) is 0 Å². The lowest BCUT2D eigenvalue weighted by Gasteiger charge is -2.16. The Morgan fingerprint density at radius 1 is 1.50 bits per heavy atom. The van der Waals surface area contributed by atoms with Crippen molar-refractivity contribution in [1.82, 2.24) is 5.32 Å². The van der Waals surface area contributed by atoms with Crippen LogP contribution in [0.5, 0.6) is 0 Å². The summed E-state index contributed by atoms with van der Waals surface area (Å²) in [6.45, 7) is 6.86. The highest BCUT2D eigenvalue weighted by molar-refractivity contribution is 9.10. The lowest BCUT2D eigenvalue weighted by atomic mass is 10.0. The fourth-order valence-electron chi connectivity index (χ4n) is 1.57. The summed E-state index contributed by atoms with van der Waals surface area (Å²) in [5, 5.41) is 3.26. The van der Waals surface area contributed by atoms with E-state index in [-0.39, 0.29) is 11.9 Å². The van der Waals surface area contributed by atoms with Crippen molar-refractivity contribution in [2.75, 3.05) is 6.54 Å². The van der Waals surface area contributed by atoms with Gasteiger partial charge in [-0.2, -0.15) is 0 Å². The molecule has 1 rings (SSSR count). The molecule has 0 bridgehead atoms. The average molecular weight is 286 g/mol. The Balaban J connectivity index is 3.05. The molecule has 0 radical (unpaired) electrons. The maximum Gasteiger partial charge on any atom is 0.129 e. The lowest BCUT2D eigenvalue weighted by Crippen LogP contribution is -2.20. The van der Waals surface area contributed by atoms with Gasteiger partial charge in [0.2, 0.25) is 0 Å². The fraction of sp³-hybridized carbons (Fsp3) is 0.385. The maximum absolute atomic E-state index is 13.8. The van der Waals surface area contributed by atoms with E-state index in [9.17, 15) is 4.39 Å². The van der Waals surface area contributed by atoms with Crippen molar-refractivity contribution in [2.45, 2.75) is 26.8 Å². The minimum absolute atomic E-state index is 0.0527. The molecule has 3 heteroatoms. The number of likely N-dealkylation sites (N-methyl/N-ethyl adjacent to an activating group) is 1. The molecule has 0 aliphatic rings. The highest BCUT2D eigenvalue weighted by atomic mass is 79.9. The van der Waals surface area contributed by atoms with Crippen molar-refractivity contribution < 1.29 is 4.39 Å². The summed E-state index contributed by atoms with van der Waals surface area (Å²) in [4.78, 5) is 0. The van der Waals surface area contributed by atoms with Crippen molar-refractivity contribution in [3.05, 3.63) is 45.7 Å². The van der Waals surface area contributed by atoms with E-state index in [0.29, 0.717) is 5.56 Å². The Bertz CT molecular complexity index is 384. The molecule has 0 aliphatic carbocycles. The second-order valence-electron chi connectivity index (χ2n) is 3.95. The number of nitrogens with one attached hydrogen (secondary N) is 1. The van der Waals surface area contributed by atoms with Gasteiger partial charge in [-0.1, -0.05) is 40.6 Å². The van der Waals surface area contributed by atoms with Gasteiger partial charge in [-0.15, -0.1) is 0 Å². The minimum atomic E-state index is -0.183. The average Bonchev–Trinajstić information content (AvgIpc) is 2.16. The quantitative estimate of drug-likeness (QED) is 0.818. The summed E-state index contributed by atoms with van der Waals surface area (Å²) >= 11 is 3.26. The van der Waals surface area contributed by atoms with Gasteiger partial charge in [0.1, 0.15) is 5.82 Å². The molecule has 1 aromatic rings. The monoisotopic (exact) mass is 285 g/mol. The molecule has 16 heavy (non-hydrogen) atoms. The van der Waals surface area contributed by atoms with E-state index in [1.807, 2.05) is 39.0 Å². The van der Waals surface area contributed by atoms with E-state index in [1.165, 1.54) is 11.6 Å². The van der Waals surface area contributed by atoms with E-state index in [1.54, 1.807) is 0 Å². The minimum Gasteiger partial charge on any atom is -0.307 e. The van der Waals surface area contributed by atoms with Gasteiger partial charge in [0.05, 0.1) is 6.04 Å². The van der Waals surface area contributed by atoms with Gasteiger partial charge in [-0.05, 0) is 32.5 Å². The lowest BCUT2D eigenvalue weighted by molar-refractivity contribution is 0.565. The van der Waals surface area contributed by atoms with Crippen LogP contribution in [-0.4, -0.2) is 6.54 Å². The van der Waals surface area contributed by atoms with Crippen molar-refractivity contribution in [2.24, 2.45) is 0 Å². The number of halogens is 2. The van der Waals surface area contributed by atoms with Gasteiger partial charge in [-0.3, -0.25) is 0 Å². The van der Waals surface area contributed by atoms with Crippen LogP contribution in [0.3, 0.4) is 0 Å². The van der Waals surface area contributed by atoms with Crippen LogP contribution in [0.25, 0.3) is 0 Å². The Morgan fingerprint density at radius 3 is 2.69 bits per heavy atom. The largest absolute Gasteiger partial charge is 0.307 e. The van der Waals surface area contributed by atoms with Crippen LogP contribution in [0.4, 0.5) is 4.39 Å². The smallest absolute Gasteiger partial charge is 0.129 e. The first-order valence-corrected chi connectivity index (χ1v) is 6.17. The van der Waals surface area contributed by atoms with Gasteiger partial charge < -0.3 is 5.32 Å². The number of rotatable bonds is 4. The fourth-order valence-corrected chi connectivity index (χ4v) is 1.90. The molecular weight excluding hydrogens is 269 g/mol. The molecule has 0 saturated carbocycles. The molecule has 0 aromatic heterocycles. The second kappa shape index (κ2) is 6.16. The van der Waals surface area contributed by atoms with E-state index in [0.717, 1.165) is 11.0 Å². The molecule has 1 N–H and O–H groups in total. The molecule has 0 fully saturated rings. The predicted octanol–water partition coefficient (Wildman–Crippen LogP) is 4.21. The number of benzene rings is 1. The first kappa shape index (κ1) is 13.4. The molecule has 88 valence electrons. The van der Waals surface area contributed by atoms with Gasteiger partial charge in [-0.25, -0.2) is 4.39 Å². The normalized spacial score (nSPS) is 12.3. The molecular formula is C13H17BrFN. The number of hydrogen-bond donors (Lipinski definition) is 1. The maximum atomic E-state index is 13.8. The molecule has 0 spiro atoms. The van der Waals surface area contributed by atoms with E-state index >= 15 is 0 Å². The van der Waals surface area contributed by atoms with E-state index in [4.69, 9.17) is 0 Å². The van der Waals surface area contributed by atoms with Crippen molar-refractivity contribution in [1.29, 1.82) is 0 Å². The van der Waals surface area contributed by atoms with Crippen LogP contribution < -0.4 is 5.32 Å². The summed E-state index contributed by atoms with van der Waals surface area (Å²) < 4.78 is 14.5. The number of allylic oxidation sites excluding steroid dienone is 1. The molecule has 0 amide bonds. The molecule has 1 atom stereocenters. The summed E-state index contributed by atoms with van der Waals surface area (Å²) in [6, 6.07) is 5.12. The predicted molar refractivity (Wildman–Crippen MR) is 69.9 cm³/mol. The van der Waals surface area contributed by atoms with Crippen molar-refractivity contribution in [3.63, 3.8) is 0 Å². The number of hydrogen-bond acceptors (Lipinski definition) is 1. The first-order chi connectivity index (χ1) is 7.54. The topological polar surface area (TPSA) is 12.0 Å². The van der Waals surface area contributed by atoms with Crippen LogP contribution in [0.1, 0.15) is 32.4 Å². The molecule has 1 unspecified atom stereocenters. The first-order valence-electron chi connectivity index (χ1n) is 5.38. The highest BCUT2D eigenvalue weighted by Crippen LogP contribution is 2.22. The third-order valence-corrected chi connectivity index (χ3v) is 2.71. The zero-order valence-electron chi connectivity index (χ0n) is 9.85. The zero-order valence-corrected chi connectivity index (χ0v) is 11.4. The van der Waals surface area contributed by atoms with Crippen molar-refractivity contribution >= 4 is 15.9 Å². The third kappa shape index (κ3) is 3.72. The molecule has 0 saturated heterocycles. The van der Waals surface area contributed by atoms with Crippen LogP contribution in [0.2, 0.25) is 0 Å². The van der Waals surface area contributed by atoms with Gasteiger partial charge in [0.25, 0.3) is 0 Å². The summed E-state index contributed by atoms with van der Waals surface area (Å²) in [6.07, 6.45) is 2.04. The molecule has 1 aromatic carbocycles. The standard InChI is InChI=1S/C13H17BrFN/c1-4-16-13(7-9(2)3)11-6-5-10(14)8-12(11)15/h5-8,13,16H,4H2,1-3H3. The van der Waals surface area contributed by atoms with Gasteiger partial charge >= 0.3 is 0 Å². The van der Waals surface area contributed by atoms with Crippen LogP contribution >= 0.6 is 15.9 Å². The van der Waals surface area contributed by atoms with Crippen LogP contribution in [0.15, 0.2) is 34.3 Å². The summed E-state index contributed by atoms with van der Waals surface area (Å²) in [5.74, 6) is -0.183. The second-order valence-corrected chi connectivity index (χ2v) is 4.86. The van der Waals surface area contributed by atoms with Crippen LogP contribution in [-0.2, 0) is 0 Å². The van der Waals surface area contributed by atoms with Crippen LogP contribution in [0, 0.1) is 5.82 Å². The molecule has 0 heterocycles. The zero-order chi connectivity index (χ0) is 12.1. The van der Waals surface area contributed by atoms with Gasteiger partial charge in [0, 0.05) is 10.0 Å². The van der Waals surface area contributed by atoms with E-state index in [2.05, 4.69) is 21.2 Å². The Labute approximate surface area is 105 Å². The Morgan fingerprint density at radius 2 is 2.19 bits per heavy atom. The third-order valence-electron chi connectivity index (χ3n) is 2.22. The van der Waals surface area contributed by atoms with Gasteiger partial charge in [0.15, 0.2) is 0 Å². The summed E-state index contributed by atoms with van der Waals surface area (Å²) in [7, 11) is 0. The Hall–Kier alpha value is -0.670. The molecule has 1 nitrogen and oxygen atoms in total. The SMILES string of the molecule is CCNC(C=C(C)C)c1ccc(Br)cc1F. The summed E-state index contributed by atoms with van der Waals surface area (Å²) in [5.41, 5.74) is 1.86.